The van der Waals surface area contributed by atoms with Crippen molar-refractivity contribution in [3.05, 3.63) is 58.0 Å². The van der Waals surface area contributed by atoms with Gasteiger partial charge in [0.05, 0.1) is 10.8 Å². The van der Waals surface area contributed by atoms with E-state index in [1.807, 2.05) is 18.2 Å². The first-order valence-electron chi connectivity index (χ1n) is 6.24. The van der Waals surface area contributed by atoms with Crippen LogP contribution in [0.25, 0.3) is 0 Å². The summed E-state index contributed by atoms with van der Waals surface area (Å²) in [6.45, 7) is 0. The Morgan fingerprint density at radius 1 is 1.23 bits per heavy atom. The van der Waals surface area contributed by atoms with Crippen molar-refractivity contribution in [3.8, 4) is 0 Å². The van der Waals surface area contributed by atoms with Gasteiger partial charge in [0, 0.05) is 17.6 Å². The highest BCUT2D eigenvalue weighted by Gasteiger charge is 2.52. The molecule has 7 heteroatoms. The Morgan fingerprint density at radius 3 is 2.45 bits per heavy atom. The second-order valence-corrected chi connectivity index (χ2v) is 7.80. The van der Waals surface area contributed by atoms with Gasteiger partial charge in [-0.25, -0.2) is 0 Å². The number of benzene rings is 1. The predicted molar refractivity (Wildman–Crippen MR) is 95.3 cm³/mol. The molecule has 0 amide bonds. The molecular formula is C15H12Cl4O2S. The fourth-order valence-corrected chi connectivity index (χ4v) is 3.89. The average Bonchev–Trinajstić information content (AvgIpc) is 2.53. The number of carbonyl (C=O) groups is 1. The number of Topliss-reactive ketones (excluding diaryl/α,β-unsaturated/α-hetero) is 1. The van der Waals surface area contributed by atoms with E-state index in [-0.39, 0.29) is 16.6 Å². The van der Waals surface area contributed by atoms with Gasteiger partial charge < -0.3 is 4.74 Å². The van der Waals surface area contributed by atoms with E-state index in [1.54, 1.807) is 18.2 Å². The van der Waals surface area contributed by atoms with Gasteiger partial charge in [0.1, 0.15) is 0 Å². The zero-order chi connectivity index (χ0) is 16.4. The predicted octanol–water partition coefficient (Wildman–Crippen LogP) is 5.38. The topological polar surface area (TPSA) is 26.3 Å². The van der Waals surface area contributed by atoms with Gasteiger partial charge in [0.2, 0.25) is 4.33 Å². The molecule has 0 radical (unpaired) electrons. The molecule has 118 valence electrons. The van der Waals surface area contributed by atoms with Gasteiger partial charge in [-0.3, -0.25) is 4.79 Å². The molecule has 0 spiro atoms. The third-order valence-corrected chi connectivity index (χ3v) is 6.67. The van der Waals surface area contributed by atoms with E-state index < -0.39 is 9.39 Å². The lowest BCUT2D eigenvalue weighted by atomic mass is 10.1. The van der Waals surface area contributed by atoms with Crippen molar-refractivity contribution in [1.82, 2.24) is 0 Å². The average molecular weight is 398 g/mol. The maximum Gasteiger partial charge on any atom is 0.200 e. The molecule has 0 N–H and O–H groups in total. The highest BCUT2D eigenvalue weighted by atomic mass is 35.5. The van der Waals surface area contributed by atoms with Gasteiger partial charge in [0.15, 0.2) is 10.8 Å². The summed E-state index contributed by atoms with van der Waals surface area (Å²) in [4.78, 5) is 12.7. The molecule has 2 nitrogen and oxygen atoms in total. The number of alkyl halides is 3. The van der Waals surface area contributed by atoms with Crippen LogP contribution in [0.3, 0.4) is 0 Å². The fourth-order valence-electron chi connectivity index (χ4n) is 1.82. The zero-order valence-electron chi connectivity index (χ0n) is 11.5. The normalized spacial score (nSPS) is 23.7. The Morgan fingerprint density at radius 2 is 1.86 bits per heavy atom. The van der Waals surface area contributed by atoms with Crippen molar-refractivity contribution in [3.63, 3.8) is 0 Å². The van der Waals surface area contributed by atoms with Gasteiger partial charge in [-0.05, 0) is 12.2 Å². The summed E-state index contributed by atoms with van der Waals surface area (Å²) >= 11 is 26.1. The van der Waals surface area contributed by atoms with Crippen LogP contribution in [0.4, 0.5) is 0 Å². The molecule has 0 fully saturated rings. The number of hydrogen-bond acceptors (Lipinski definition) is 3. The number of halogens is 4. The summed E-state index contributed by atoms with van der Waals surface area (Å²) in [5.74, 6) is 0.201. The van der Waals surface area contributed by atoms with Crippen LogP contribution < -0.4 is 0 Å². The second kappa shape index (κ2) is 7.16. The van der Waals surface area contributed by atoms with E-state index >= 15 is 0 Å². The number of methoxy groups -OCH3 is 1. The minimum absolute atomic E-state index is 0.0137. The molecule has 0 saturated heterocycles. The van der Waals surface area contributed by atoms with Crippen molar-refractivity contribution >= 4 is 63.9 Å². The number of rotatable bonds is 5. The van der Waals surface area contributed by atoms with Gasteiger partial charge in [-0.1, -0.05) is 76.7 Å². The zero-order valence-corrected chi connectivity index (χ0v) is 15.3. The van der Waals surface area contributed by atoms with E-state index in [4.69, 9.17) is 51.1 Å². The van der Waals surface area contributed by atoms with Crippen LogP contribution in [0.1, 0.15) is 10.4 Å². The first-order valence-corrected chi connectivity index (χ1v) is 8.74. The number of thioether (sulfide) groups is 1. The Kier molecular flexibility index (Phi) is 5.92. The highest BCUT2D eigenvalue weighted by Crippen LogP contribution is 2.53. The monoisotopic (exact) mass is 396 g/mol. The minimum Gasteiger partial charge on any atom is -0.356 e. The largest absolute Gasteiger partial charge is 0.356 e. The van der Waals surface area contributed by atoms with Crippen LogP contribution in [0.5, 0.6) is 0 Å². The maximum absolute atomic E-state index is 12.1. The third kappa shape index (κ3) is 3.50. The molecule has 0 aromatic heterocycles. The molecule has 1 aliphatic rings. The summed E-state index contributed by atoms with van der Waals surface area (Å²) < 4.78 is 3.50. The molecule has 0 bridgehead atoms. The lowest BCUT2D eigenvalue weighted by Gasteiger charge is -2.37. The minimum atomic E-state index is -1.63. The number of allylic oxidation sites excluding steroid dienone is 1. The molecule has 1 unspecified atom stereocenters. The molecule has 0 aliphatic heterocycles. The summed E-state index contributed by atoms with van der Waals surface area (Å²) in [5.41, 5.74) is 0.637. The first-order chi connectivity index (χ1) is 10.3. The van der Waals surface area contributed by atoms with E-state index in [0.29, 0.717) is 10.5 Å². The van der Waals surface area contributed by atoms with E-state index in [1.165, 1.54) is 24.9 Å². The molecule has 1 atom stereocenters. The summed E-state index contributed by atoms with van der Waals surface area (Å²) in [6, 6.07) is 9.00. The number of ketones is 1. The summed E-state index contributed by atoms with van der Waals surface area (Å²) in [6.07, 6.45) is 3.18. The van der Waals surface area contributed by atoms with Crippen LogP contribution in [0, 0.1) is 0 Å². The fraction of sp³-hybridized carbons (Fsp3) is 0.267. The van der Waals surface area contributed by atoms with Crippen LogP contribution in [0.15, 0.2) is 52.4 Å². The van der Waals surface area contributed by atoms with E-state index in [9.17, 15) is 4.79 Å². The Hall–Kier alpha value is -0.160. The van der Waals surface area contributed by atoms with Crippen LogP contribution >= 0.6 is 58.2 Å². The standard InChI is InChI=1S/C15H12Cl4O2S/c1-21-14(17)8-7-12(13(16)15(14,18)19)22-9-11(20)10-5-3-2-4-6-10/h2-8H,9H2,1H3. The van der Waals surface area contributed by atoms with Crippen LogP contribution in [-0.2, 0) is 4.74 Å². The first kappa shape index (κ1) is 18.2. The smallest absolute Gasteiger partial charge is 0.200 e. The Labute approximate surface area is 153 Å². The van der Waals surface area contributed by atoms with Crippen molar-refractivity contribution < 1.29 is 9.53 Å². The number of carbonyl (C=O) groups excluding carboxylic acids is 1. The summed E-state index contributed by atoms with van der Waals surface area (Å²) in [7, 11) is 1.39. The van der Waals surface area contributed by atoms with Crippen molar-refractivity contribution in [2.75, 3.05) is 12.9 Å². The van der Waals surface area contributed by atoms with E-state index in [2.05, 4.69) is 0 Å². The number of ether oxygens (including phenoxy) is 1. The Bertz CT molecular complexity index is 628. The molecule has 0 saturated carbocycles. The SMILES string of the molecule is COC1(Cl)C=CC(SCC(=O)c2ccccc2)=C(Cl)C1(Cl)Cl. The maximum atomic E-state index is 12.1. The van der Waals surface area contributed by atoms with Crippen LogP contribution in [-0.4, -0.2) is 28.0 Å². The molecule has 1 aliphatic carbocycles. The van der Waals surface area contributed by atoms with Gasteiger partial charge in [0.25, 0.3) is 0 Å². The third-order valence-electron chi connectivity index (χ3n) is 3.12. The highest BCUT2D eigenvalue weighted by molar-refractivity contribution is 8.04. The Balaban J connectivity index is 2.13. The van der Waals surface area contributed by atoms with Gasteiger partial charge in [-0.15, -0.1) is 11.8 Å². The van der Waals surface area contributed by atoms with Crippen molar-refractivity contribution in [2.24, 2.45) is 0 Å². The van der Waals surface area contributed by atoms with Crippen molar-refractivity contribution in [2.45, 2.75) is 9.39 Å². The molecule has 22 heavy (non-hydrogen) atoms. The van der Waals surface area contributed by atoms with Gasteiger partial charge >= 0.3 is 0 Å². The van der Waals surface area contributed by atoms with E-state index in [0.717, 1.165) is 0 Å². The molecule has 1 aromatic carbocycles. The summed E-state index contributed by atoms with van der Waals surface area (Å²) in [5, 5.41) is -1.30. The second-order valence-electron chi connectivity index (χ2n) is 4.51. The lowest BCUT2D eigenvalue weighted by Crippen LogP contribution is -2.43. The quantitative estimate of drug-likeness (QED) is 0.492. The van der Waals surface area contributed by atoms with Crippen LogP contribution in [0.2, 0.25) is 0 Å². The molecule has 2 rings (SSSR count). The van der Waals surface area contributed by atoms with Gasteiger partial charge in [-0.2, -0.15) is 0 Å². The van der Waals surface area contributed by atoms with Crippen molar-refractivity contribution in [1.29, 1.82) is 0 Å². The lowest BCUT2D eigenvalue weighted by molar-refractivity contribution is 0.0984. The molecular weight excluding hydrogens is 386 g/mol. The molecule has 0 heterocycles. The number of hydrogen-bond donors (Lipinski definition) is 0. The molecule has 1 aromatic rings.